The van der Waals surface area contributed by atoms with Crippen LogP contribution in [0.1, 0.15) is 58.8 Å². The summed E-state index contributed by atoms with van der Waals surface area (Å²) in [6.45, 7) is 4.63. The van der Waals surface area contributed by atoms with E-state index in [4.69, 9.17) is 5.84 Å². The second-order valence-corrected chi connectivity index (χ2v) is 6.06. The molecule has 0 aromatic carbocycles. The summed E-state index contributed by atoms with van der Waals surface area (Å²) < 4.78 is 0. The van der Waals surface area contributed by atoms with Gasteiger partial charge in [-0.1, -0.05) is 39.5 Å². The zero-order valence-corrected chi connectivity index (χ0v) is 12.1. The van der Waals surface area contributed by atoms with Gasteiger partial charge in [0.25, 0.3) is 0 Å². The van der Waals surface area contributed by atoms with Crippen molar-refractivity contribution in [3.63, 3.8) is 0 Å². The quantitative estimate of drug-likeness (QED) is 0.554. The molecule has 3 nitrogen and oxygen atoms in total. The lowest BCUT2D eigenvalue weighted by Crippen LogP contribution is -2.62. The molecule has 0 heterocycles. The highest BCUT2D eigenvalue weighted by atomic mass is 15.3. The number of unbranched alkanes of at least 4 members (excludes halogenated alkanes) is 1. The number of hydrazine groups is 1. The van der Waals surface area contributed by atoms with Crippen molar-refractivity contribution >= 4 is 0 Å². The Balaban J connectivity index is 2.80. The SMILES string of the molecule is CCCCC(NN)C1(N(C)C)CCCC(C)C1. The molecule has 1 rings (SSSR count). The third-order valence-corrected chi connectivity index (χ3v) is 4.60. The van der Waals surface area contributed by atoms with Gasteiger partial charge in [0.1, 0.15) is 0 Å². The van der Waals surface area contributed by atoms with Gasteiger partial charge in [0, 0.05) is 11.6 Å². The normalized spacial score (nSPS) is 31.8. The van der Waals surface area contributed by atoms with Gasteiger partial charge in [0.05, 0.1) is 0 Å². The second kappa shape index (κ2) is 6.72. The molecular formula is C14H31N3. The summed E-state index contributed by atoms with van der Waals surface area (Å²) in [6.07, 6.45) is 8.97. The van der Waals surface area contributed by atoms with Crippen LogP contribution in [0.4, 0.5) is 0 Å². The number of nitrogens with zero attached hydrogens (tertiary/aromatic N) is 1. The van der Waals surface area contributed by atoms with E-state index in [0.717, 1.165) is 5.92 Å². The van der Waals surface area contributed by atoms with Crippen LogP contribution in [0.3, 0.4) is 0 Å². The Morgan fingerprint density at radius 2 is 2.18 bits per heavy atom. The van der Waals surface area contributed by atoms with Gasteiger partial charge in [-0.05, 0) is 39.3 Å². The summed E-state index contributed by atoms with van der Waals surface area (Å²) in [4.78, 5) is 2.42. The molecule has 1 aliphatic rings. The number of hydrogen-bond acceptors (Lipinski definition) is 3. The second-order valence-electron chi connectivity index (χ2n) is 6.06. The van der Waals surface area contributed by atoms with Gasteiger partial charge in [-0.15, -0.1) is 0 Å². The Labute approximate surface area is 107 Å². The van der Waals surface area contributed by atoms with Crippen molar-refractivity contribution in [1.82, 2.24) is 10.3 Å². The van der Waals surface area contributed by atoms with Crippen LogP contribution >= 0.6 is 0 Å². The summed E-state index contributed by atoms with van der Waals surface area (Å²) in [6, 6.07) is 0.431. The standard InChI is InChI=1S/C14H31N3/c1-5-6-9-13(16-15)14(17(3)4)10-7-8-12(2)11-14/h12-13,16H,5-11,15H2,1-4H3. The maximum atomic E-state index is 5.84. The Bertz CT molecular complexity index is 218. The van der Waals surface area contributed by atoms with Gasteiger partial charge < -0.3 is 4.90 Å². The summed E-state index contributed by atoms with van der Waals surface area (Å²) in [5.74, 6) is 6.66. The van der Waals surface area contributed by atoms with Crippen LogP contribution in [-0.2, 0) is 0 Å². The highest BCUT2D eigenvalue weighted by Gasteiger charge is 2.42. The fraction of sp³-hybridized carbons (Fsp3) is 1.00. The maximum absolute atomic E-state index is 5.84. The average Bonchev–Trinajstić information content (AvgIpc) is 2.29. The zero-order chi connectivity index (χ0) is 12.9. The fourth-order valence-corrected chi connectivity index (χ4v) is 3.51. The van der Waals surface area contributed by atoms with E-state index in [1.807, 2.05) is 0 Å². The van der Waals surface area contributed by atoms with Crippen LogP contribution < -0.4 is 11.3 Å². The molecule has 3 heteroatoms. The number of nitrogens with one attached hydrogen (secondary N) is 1. The highest BCUT2D eigenvalue weighted by Crippen LogP contribution is 2.39. The molecule has 3 atom stereocenters. The first-order valence-electron chi connectivity index (χ1n) is 7.20. The van der Waals surface area contributed by atoms with Crippen molar-refractivity contribution in [3.8, 4) is 0 Å². The molecule has 102 valence electrons. The third kappa shape index (κ3) is 3.43. The number of rotatable bonds is 6. The van der Waals surface area contributed by atoms with Gasteiger partial charge in [0.2, 0.25) is 0 Å². The molecule has 0 spiro atoms. The van der Waals surface area contributed by atoms with E-state index >= 15 is 0 Å². The molecule has 0 saturated heterocycles. The van der Waals surface area contributed by atoms with E-state index in [2.05, 4.69) is 38.3 Å². The van der Waals surface area contributed by atoms with Crippen LogP contribution in [0, 0.1) is 5.92 Å². The summed E-state index contributed by atoms with van der Waals surface area (Å²) in [5, 5.41) is 0. The molecule has 0 amide bonds. The van der Waals surface area contributed by atoms with E-state index in [1.165, 1.54) is 44.9 Å². The molecule has 0 aliphatic heterocycles. The van der Waals surface area contributed by atoms with Crippen LogP contribution in [-0.4, -0.2) is 30.6 Å². The van der Waals surface area contributed by atoms with E-state index in [-0.39, 0.29) is 5.54 Å². The first-order valence-corrected chi connectivity index (χ1v) is 7.20. The lowest BCUT2D eigenvalue weighted by molar-refractivity contribution is 0.0335. The van der Waals surface area contributed by atoms with Gasteiger partial charge >= 0.3 is 0 Å². The summed E-state index contributed by atoms with van der Waals surface area (Å²) >= 11 is 0. The molecule has 0 bridgehead atoms. The summed E-state index contributed by atoms with van der Waals surface area (Å²) in [7, 11) is 4.43. The fourth-order valence-electron chi connectivity index (χ4n) is 3.51. The lowest BCUT2D eigenvalue weighted by Gasteiger charge is -2.50. The maximum Gasteiger partial charge on any atom is 0.0394 e. The molecule has 3 unspecified atom stereocenters. The Morgan fingerprint density at radius 1 is 1.47 bits per heavy atom. The number of hydrogen-bond donors (Lipinski definition) is 2. The Hall–Kier alpha value is -0.120. The van der Waals surface area contributed by atoms with Crippen LogP contribution in [0.15, 0.2) is 0 Å². The van der Waals surface area contributed by atoms with E-state index < -0.39 is 0 Å². The molecule has 0 radical (unpaired) electrons. The predicted octanol–water partition coefficient (Wildman–Crippen LogP) is 2.52. The predicted molar refractivity (Wildman–Crippen MR) is 74.7 cm³/mol. The largest absolute Gasteiger partial charge is 0.302 e. The molecule has 1 fully saturated rings. The third-order valence-electron chi connectivity index (χ3n) is 4.60. The molecule has 17 heavy (non-hydrogen) atoms. The number of nitrogens with two attached hydrogens (primary N) is 1. The molecule has 3 N–H and O–H groups in total. The van der Waals surface area contributed by atoms with Gasteiger partial charge in [-0.2, -0.15) is 0 Å². The topological polar surface area (TPSA) is 41.3 Å². The Morgan fingerprint density at radius 3 is 2.65 bits per heavy atom. The van der Waals surface area contributed by atoms with Gasteiger partial charge in [-0.3, -0.25) is 11.3 Å². The van der Waals surface area contributed by atoms with Crippen molar-refractivity contribution < 1.29 is 0 Å². The molecule has 1 saturated carbocycles. The van der Waals surface area contributed by atoms with E-state index in [1.54, 1.807) is 0 Å². The minimum absolute atomic E-state index is 0.265. The molecule has 0 aromatic rings. The van der Waals surface area contributed by atoms with Crippen LogP contribution in [0.2, 0.25) is 0 Å². The van der Waals surface area contributed by atoms with Crippen molar-refractivity contribution in [3.05, 3.63) is 0 Å². The number of likely N-dealkylation sites (N-methyl/N-ethyl adjacent to an activating group) is 1. The van der Waals surface area contributed by atoms with Gasteiger partial charge in [0.15, 0.2) is 0 Å². The Kier molecular flexibility index (Phi) is 5.90. The minimum atomic E-state index is 0.265. The highest BCUT2D eigenvalue weighted by molar-refractivity contribution is 5.01. The van der Waals surface area contributed by atoms with Crippen LogP contribution in [0.25, 0.3) is 0 Å². The van der Waals surface area contributed by atoms with Crippen molar-refractivity contribution in [2.24, 2.45) is 11.8 Å². The van der Waals surface area contributed by atoms with Crippen molar-refractivity contribution in [2.45, 2.75) is 70.4 Å². The lowest BCUT2D eigenvalue weighted by atomic mass is 9.70. The van der Waals surface area contributed by atoms with Crippen molar-refractivity contribution in [2.75, 3.05) is 14.1 Å². The van der Waals surface area contributed by atoms with Gasteiger partial charge in [-0.25, -0.2) is 0 Å². The van der Waals surface area contributed by atoms with Crippen molar-refractivity contribution in [1.29, 1.82) is 0 Å². The first-order chi connectivity index (χ1) is 8.06. The zero-order valence-electron chi connectivity index (χ0n) is 12.1. The van der Waals surface area contributed by atoms with E-state index in [9.17, 15) is 0 Å². The smallest absolute Gasteiger partial charge is 0.0394 e. The van der Waals surface area contributed by atoms with Crippen LogP contribution in [0.5, 0.6) is 0 Å². The van der Waals surface area contributed by atoms with E-state index in [0.29, 0.717) is 6.04 Å². The average molecular weight is 241 g/mol. The summed E-state index contributed by atoms with van der Waals surface area (Å²) in [5.41, 5.74) is 3.37. The minimum Gasteiger partial charge on any atom is -0.302 e. The molecular weight excluding hydrogens is 210 g/mol. The monoisotopic (exact) mass is 241 g/mol. The molecule has 0 aromatic heterocycles. The first kappa shape index (κ1) is 14.9. The molecule has 1 aliphatic carbocycles.